The average Bonchev–Trinajstić information content (AvgIpc) is 2.18. The Morgan fingerprint density at radius 1 is 1.50 bits per heavy atom. The first-order chi connectivity index (χ1) is 7.41. The van der Waals surface area contributed by atoms with E-state index >= 15 is 0 Å². The molecule has 86 valence electrons. The van der Waals surface area contributed by atoms with E-state index in [0.29, 0.717) is 11.1 Å². The van der Waals surface area contributed by atoms with Gasteiger partial charge in [-0.1, -0.05) is 26.0 Å². The zero-order chi connectivity index (χ0) is 12.3. The smallest absolute Gasteiger partial charge is 0.249 e. The Kier molecular flexibility index (Phi) is 3.77. The fourth-order valence-corrected chi connectivity index (χ4v) is 1.30. The van der Waals surface area contributed by atoms with Crippen LogP contribution in [0.1, 0.15) is 25.0 Å². The molecule has 0 spiro atoms. The summed E-state index contributed by atoms with van der Waals surface area (Å²) in [6.07, 6.45) is 1.41. The molecule has 0 heterocycles. The van der Waals surface area contributed by atoms with Gasteiger partial charge in [0.1, 0.15) is 5.82 Å². The third-order valence-corrected chi connectivity index (χ3v) is 2.31. The van der Waals surface area contributed by atoms with Gasteiger partial charge < -0.3 is 0 Å². The molecule has 0 radical (unpaired) electrons. The summed E-state index contributed by atoms with van der Waals surface area (Å²) in [4.78, 5) is 10.3. The van der Waals surface area contributed by atoms with Gasteiger partial charge >= 0.3 is 0 Å². The summed E-state index contributed by atoms with van der Waals surface area (Å²) in [5, 5.41) is 10.7. The Morgan fingerprint density at radius 2 is 2.12 bits per heavy atom. The van der Waals surface area contributed by atoms with E-state index in [2.05, 4.69) is 0 Å². The van der Waals surface area contributed by atoms with Gasteiger partial charge in [-0.2, -0.15) is 0 Å². The molecular weight excluding hydrogens is 209 g/mol. The lowest BCUT2D eigenvalue weighted by Gasteiger charge is -2.02. The molecule has 0 fully saturated rings. The number of hydrogen-bond acceptors (Lipinski definition) is 2. The highest BCUT2D eigenvalue weighted by molar-refractivity contribution is 5.52. The lowest BCUT2D eigenvalue weighted by Crippen LogP contribution is -2.05. The van der Waals surface area contributed by atoms with E-state index in [1.54, 1.807) is 32.9 Å². The van der Waals surface area contributed by atoms with Crippen LogP contribution in [0.5, 0.6) is 0 Å². The van der Waals surface area contributed by atoms with E-state index in [1.165, 1.54) is 12.1 Å². The van der Waals surface area contributed by atoms with Crippen molar-refractivity contribution in [1.82, 2.24) is 0 Å². The highest BCUT2D eigenvalue weighted by Gasteiger charge is 2.15. The molecule has 0 aliphatic heterocycles. The number of nitrogens with zero attached hydrogens (tertiary/aromatic N) is 1. The quantitative estimate of drug-likeness (QED) is 0.582. The van der Waals surface area contributed by atoms with Crippen LogP contribution in [-0.4, -0.2) is 4.92 Å². The third-order valence-electron chi connectivity index (χ3n) is 2.31. The van der Waals surface area contributed by atoms with Gasteiger partial charge in [0.05, 0.1) is 4.92 Å². The molecule has 1 rings (SSSR count). The average molecular weight is 223 g/mol. The zero-order valence-corrected chi connectivity index (χ0v) is 9.53. The van der Waals surface area contributed by atoms with Crippen LogP contribution in [0.25, 0.3) is 6.08 Å². The van der Waals surface area contributed by atoms with Gasteiger partial charge in [-0.05, 0) is 24.1 Å². The van der Waals surface area contributed by atoms with Crippen molar-refractivity contribution < 1.29 is 9.31 Å². The topological polar surface area (TPSA) is 43.1 Å². The van der Waals surface area contributed by atoms with Gasteiger partial charge in [-0.3, -0.25) is 10.1 Å². The number of nitro groups is 1. The van der Waals surface area contributed by atoms with Crippen molar-refractivity contribution in [1.29, 1.82) is 0 Å². The third kappa shape index (κ3) is 2.89. The summed E-state index contributed by atoms with van der Waals surface area (Å²) >= 11 is 0. The highest BCUT2D eigenvalue weighted by atomic mass is 19.1. The molecule has 3 nitrogen and oxygen atoms in total. The second kappa shape index (κ2) is 4.88. The maximum absolute atomic E-state index is 13.2. The number of rotatable bonds is 3. The molecule has 0 aliphatic rings. The van der Waals surface area contributed by atoms with Gasteiger partial charge in [0.2, 0.25) is 5.70 Å². The van der Waals surface area contributed by atoms with E-state index < -0.39 is 4.92 Å². The van der Waals surface area contributed by atoms with E-state index in [1.807, 2.05) is 0 Å². The maximum atomic E-state index is 13.2. The van der Waals surface area contributed by atoms with Crippen LogP contribution >= 0.6 is 0 Å². The molecule has 0 unspecified atom stereocenters. The monoisotopic (exact) mass is 223 g/mol. The van der Waals surface area contributed by atoms with Gasteiger partial charge in [-0.15, -0.1) is 0 Å². The number of benzene rings is 1. The summed E-state index contributed by atoms with van der Waals surface area (Å²) < 4.78 is 13.2. The van der Waals surface area contributed by atoms with Crippen molar-refractivity contribution in [2.24, 2.45) is 5.92 Å². The Morgan fingerprint density at radius 3 is 2.56 bits per heavy atom. The highest BCUT2D eigenvalue weighted by Crippen LogP contribution is 2.17. The van der Waals surface area contributed by atoms with Crippen LogP contribution in [0.15, 0.2) is 23.9 Å². The van der Waals surface area contributed by atoms with Crippen molar-refractivity contribution in [2.75, 3.05) is 0 Å². The number of aryl methyl sites for hydroxylation is 1. The van der Waals surface area contributed by atoms with Crippen LogP contribution in [0.2, 0.25) is 0 Å². The Labute approximate surface area is 93.7 Å². The predicted molar refractivity (Wildman–Crippen MR) is 60.9 cm³/mol. The molecule has 0 aliphatic carbocycles. The molecular formula is C12H14FNO2. The normalized spacial score (nSPS) is 11.9. The number of hydrogen-bond donors (Lipinski definition) is 0. The minimum atomic E-state index is -0.428. The van der Waals surface area contributed by atoms with Crippen molar-refractivity contribution in [2.45, 2.75) is 20.8 Å². The second-order valence-corrected chi connectivity index (χ2v) is 3.99. The summed E-state index contributed by atoms with van der Waals surface area (Å²) in [5.41, 5.74) is 1.14. The van der Waals surface area contributed by atoms with E-state index in [9.17, 15) is 14.5 Å². The summed E-state index contributed by atoms with van der Waals surface area (Å²) in [5.74, 6) is -0.542. The Hall–Kier alpha value is -1.71. The standard InChI is InChI=1S/C12H14FNO2/c1-8(2)12(14(15)16)7-10-5-4-9(3)11(13)6-10/h4-8H,1-3H3/b12-7-. The van der Waals surface area contributed by atoms with Crippen LogP contribution < -0.4 is 0 Å². The lowest BCUT2D eigenvalue weighted by atomic mass is 10.1. The molecule has 1 aromatic carbocycles. The van der Waals surface area contributed by atoms with Gasteiger partial charge in [0.15, 0.2) is 0 Å². The molecule has 16 heavy (non-hydrogen) atoms. The molecule has 0 saturated heterocycles. The first-order valence-corrected chi connectivity index (χ1v) is 5.04. The molecule has 0 aromatic heterocycles. The zero-order valence-electron chi connectivity index (χ0n) is 9.53. The molecule has 0 atom stereocenters. The summed E-state index contributed by atoms with van der Waals surface area (Å²) in [7, 11) is 0. The van der Waals surface area contributed by atoms with Crippen LogP contribution in [-0.2, 0) is 0 Å². The largest absolute Gasteiger partial charge is 0.259 e. The number of halogens is 1. The van der Waals surface area contributed by atoms with Crippen LogP contribution in [0.3, 0.4) is 0 Å². The van der Waals surface area contributed by atoms with E-state index in [-0.39, 0.29) is 17.4 Å². The first kappa shape index (κ1) is 12.4. The molecule has 0 amide bonds. The minimum absolute atomic E-state index is 0.0863. The Balaban J connectivity index is 3.13. The first-order valence-electron chi connectivity index (χ1n) is 5.04. The SMILES string of the molecule is Cc1ccc(/C=C(/C(C)C)[N+](=O)[O-])cc1F. The minimum Gasteiger partial charge on any atom is -0.259 e. The molecule has 0 saturated carbocycles. The Bertz CT molecular complexity index is 439. The van der Waals surface area contributed by atoms with E-state index in [0.717, 1.165) is 0 Å². The van der Waals surface area contributed by atoms with E-state index in [4.69, 9.17) is 0 Å². The van der Waals surface area contributed by atoms with Crippen molar-refractivity contribution >= 4 is 6.08 Å². The predicted octanol–water partition coefficient (Wildman–Crippen LogP) is 3.41. The molecule has 0 bridgehead atoms. The molecule has 4 heteroatoms. The van der Waals surface area contributed by atoms with Gasteiger partial charge in [-0.25, -0.2) is 4.39 Å². The summed E-state index contributed by atoms with van der Waals surface area (Å²) in [6.45, 7) is 5.12. The lowest BCUT2D eigenvalue weighted by molar-refractivity contribution is -0.431. The fourth-order valence-electron chi connectivity index (χ4n) is 1.30. The maximum Gasteiger partial charge on any atom is 0.249 e. The van der Waals surface area contributed by atoms with Crippen molar-refractivity contribution in [3.8, 4) is 0 Å². The second-order valence-electron chi connectivity index (χ2n) is 3.99. The van der Waals surface area contributed by atoms with Gasteiger partial charge in [0.25, 0.3) is 0 Å². The molecule has 1 aromatic rings. The summed E-state index contributed by atoms with van der Waals surface area (Å²) in [6, 6.07) is 4.59. The van der Waals surface area contributed by atoms with Gasteiger partial charge in [0, 0.05) is 12.0 Å². The van der Waals surface area contributed by atoms with Crippen LogP contribution in [0.4, 0.5) is 4.39 Å². The number of allylic oxidation sites excluding steroid dienone is 1. The van der Waals surface area contributed by atoms with Crippen molar-refractivity contribution in [3.05, 3.63) is 51.0 Å². The van der Waals surface area contributed by atoms with Crippen LogP contribution in [0, 0.1) is 28.8 Å². The van der Waals surface area contributed by atoms with Crippen molar-refractivity contribution in [3.63, 3.8) is 0 Å². The fraction of sp³-hybridized carbons (Fsp3) is 0.333. The molecule has 0 N–H and O–H groups in total.